The van der Waals surface area contributed by atoms with E-state index < -0.39 is 23.7 Å². The molecular weight excluding hydrogens is 357 g/mol. The van der Waals surface area contributed by atoms with Crippen LogP contribution in [0.2, 0.25) is 0 Å². The van der Waals surface area contributed by atoms with Crippen molar-refractivity contribution in [3.05, 3.63) is 40.8 Å². The Morgan fingerprint density at radius 2 is 1.80 bits per heavy atom. The average Bonchev–Trinajstić information content (AvgIpc) is 2.93. The molecule has 0 N–H and O–H groups in total. The summed E-state index contributed by atoms with van der Waals surface area (Å²) >= 11 is 1.16. The van der Waals surface area contributed by atoms with Gasteiger partial charge >= 0.3 is 12.3 Å². The molecule has 0 aliphatic rings. The number of hydrogen-bond donors (Lipinski definition) is 0. The number of halogens is 3. The van der Waals surface area contributed by atoms with Crippen LogP contribution in [0.3, 0.4) is 0 Å². The topological polar surface area (TPSA) is 52.6 Å². The summed E-state index contributed by atoms with van der Waals surface area (Å²) in [6.07, 6.45) is -4.27. The first-order valence-corrected chi connectivity index (χ1v) is 7.99. The summed E-state index contributed by atoms with van der Waals surface area (Å²) in [5, 5.41) is 0. The molecule has 0 atom stereocenters. The van der Waals surface area contributed by atoms with Crippen LogP contribution in [0.25, 0.3) is 10.4 Å². The van der Waals surface area contributed by atoms with Gasteiger partial charge in [-0.2, -0.15) is 0 Å². The molecule has 134 valence electrons. The number of thiophene rings is 1. The van der Waals surface area contributed by atoms with Crippen molar-refractivity contribution in [3.8, 4) is 16.2 Å². The van der Waals surface area contributed by atoms with E-state index in [9.17, 15) is 22.8 Å². The van der Waals surface area contributed by atoms with E-state index in [4.69, 9.17) is 4.74 Å². The van der Waals surface area contributed by atoms with Crippen molar-refractivity contribution in [2.24, 2.45) is 0 Å². The molecule has 1 aromatic heterocycles. The first-order valence-electron chi connectivity index (χ1n) is 7.17. The zero-order valence-corrected chi connectivity index (χ0v) is 14.5. The van der Waals surface area contributed by atoms with Gasteiger partial charge < -0.3 is 9.47 Å². The van der Waals surface area contributed by atoms with E-state index in [0.717, 1.165) is 17.4 Å². The molecule has 0 amide bonds. The van der Waals surface area contributed by atoms with Crippen LogP contribution in [0.1, 0.15) is 40.8 Å². The first kappa shape index (κ1) is 19.0. The zero-order valence-electron chi connectivity index (χ0n) is 13.6. The van der Waals surface area contributed by atoms with Gasteiger partial charge in [0, 0.05) is 4.88 Å². The molecule has 0 radical (unpaired) electrons. The molecule has 0 fully saturated rings. The fourth-order valence-electron chi connectivity index (χ4n) is 1.96. The first-order chi connectivity index (χ1) is 11.5. The lowest BCUT2D eigenvalue weighted by molar-refractivity contribution is -0.274. The van der Waals surface area contributed by atoms with Gasteiger partial charge in [-0.3, -0.25) is 4.79 Å². The average molecular weight is 372 g/mol. The van der Waals surface area contributed by atoms with Crippen LogP contribution >= 0.6 is 11.3 Å². The van der Waals surface area contributed by atoms with Gasteiger partial charge in [0.25, 0.3) is 0 Å². The fourth-order valence-corrected chi connectivity index (χ4v) is 2.78. The quantitative estimate of drug-likeness (QED) is 0.555. The molecule has 0 aliphatic carbocycles. The summed E-state index contributed by atoms with van der Waals surface area (Å²) in [7, 11) is 0. The molecule has 25 heavy (non-hydrogen) atoms. The minimum atomic E-state index is -4.94. The predicted molar refractivity (Wildman–Crippen MR) is 87.0 cm³/mol. The van der Waals surface area contributed by atoms with Gasteiger partial charge in [0.05, 0.1) is 4.88 Å². The van der Waals surface area contributed by atoms with Gasteiger partial charge in [0.1, 0.15) is 16.9 Å². The van der Waals surface area contributed by atoms with Gasteiger partial charge in [0.15, 0.2) is 6.29 Å². The van der Waals surface area contributed by atoms with Crippen molar-refractivity contribution in [1.29, 1.82) is 0 Å². The molecule has 0 unspecified atom stereocenters. The van der Waals surface area contributed by atoms with E-state index in [1.165, 1.54) is 12.1 Å². The van der Waals surface area contributed by atoms with Crippen LogP contribution < -0.4 is 4.74 Å². The zero-order chi connectivity index (χ0) is 18.8. The van der Waals surface area contributed by atoms with Crippen molar-refractivity contribution in [3.63, 3.8) is 0 Å². The van der Waals surface area contributed by atoms with Gasteiger partial charge in [-0.25, -0.2) is 4.79 Å². The maximum absolute atomic E-state index is 12.6. The Hall–Kier alpha value is -2.35. The maximum atomic E-state index is 12.6. The van der Waals surface area contributed by atoms with Crippen LogP contribution in [0.4, 0.5) is 13.2 Å². The van der Waals surface area contributed by atoms with Gasteiger partial charge in [-0.05, 0) is 56.7 Å². The predicted octanol–water partition coefficient (Wildman–Crippen LogP) is 5.08. The summed E-state index contributed by atoms with van der Waals surface area (Å²) in [6.45, 7) is 4.82. The summed E-state index contributed by atoms with van der Waals surface area (Å²) in [5.41, 5.74) is -0.741. The van der Waals surface area contributed by atoms with Gasteiger partial charge in [-0.15, -0.1) is 24.5 Å². The van der Waals surface area contributed by atoms with Crippen LogP contribution in [0.15, 0.2) is 30.3 Å². The molecule has 0 saturated heterocycles. The molecule has 0 spiro atoms. The summed E-state index contributed by atoms with van der Waals surface area (Å²) < 4.78 is 46.8. The van der Waals surface area contributed by atoms with Crippen molar-refractivity contribution >= 4 is 23.6 Å². The fraction of sp³-hybridized carbons (Fsp3) is 0.294. The van der Waals surface area contributed by atoms with Crippen molar-refractivity contribution < 1.29 is 32.2 Å². The molecular formula is C17H15F3O4S. The number of hydrogen-bond acceptors (Lipinski definition) is 5. The Bertz CT molecular complexity index is 788. The third-order valence-corrected chi connectivity index (χ3v) is 3.91. The standard InChI is InChI=1S/C17H15F3O4S/c1-16(2,3)24-15(22)12-8-10(14-7-5-11(9-21)25-14)4-6-13(12)23-17(18,19)20/h4-9H,1-3H3. The van der Waals surface area contributed by atoms with E-state index in [0.29, 0.717) is 21.6 Å². The lowest BCUT2D eigenvalue weighted by Crippen LogP contribution is -2.25. The molecule has 2 aromatic rings. The number of rotatable bonds is 4. The Balaban J connectivity index is 2.47. The third kappa shape index (κ3) is 5.32. The molecule has 0 saturated carbocycles. The van der Waals surface area contributed by atoms with Gasteiger partial charge in [0.2, 0.25) is 0 Å². The summed E-state index contributed by atoms with van der Waals surface area (Å²) in [5.74, 6) is -1.57. The van der Waals surface area contributed by atoms with Crippen LogP contribution in [-0.2, 0) is 4.74 Å². The van der Waals surface area contributed by atoms with Crippen molar-refractivity contribution in [1.82, 2.24) is 0 Å². The monoisotopic (exact) mass is 372 g/mol. The van der Waals surface area contributed by atoms with E-state index in [1.54, 1.807) is 32.9 Å². The van der Waals surface area contributed by atoms with E-state index in [2.05, 4.69) is 4.74 Å². The molecule has 0 bridgehead atoms. The largest absolute Gasteiger partial charge is 0.573 e. The van der Waals surface area contributed by atoms with E-state index in [-0.39, 0.29) is 5.56 Å². The molecule has 8 heteroatoms. The SMILES string of the molecule is CC(C)(C)OC(=O)c1cc(-c2ccc(C=O)s2)ccc1OC(F)(F)F. The molecule has 0 aliphatic heterocycles. The van der Waals surface area contributed by atoms with E-state index in [1.807, 2.05) is 0 Å². The maximum Gasteiger partial charge on any atom is 0.573 e. The van der Waals surface area contributed by atoms with Crippen molar-refractivity contribution in [2.45, 2.75) is 32.7 Å². The van der Waals surface area contributed by atoms with Crippen LogP contribution in [-0.4, -0.2) is 24.2 Å². The Morgan fingerprint density at radius 1 is 1.12 bits per heavy atom. The number of benzene rings is 1. The highest BCUT2D eigenvalue weighted by Gasteiger charge is 2.34. The normalized spacial score (nSPS) is 11.9. The minimum Gasteiger partial charge on any atom is -0.456 e. The van der Waals surface area contributed by atoms with Crippen LogP contribution in [0.5, 0.6) is 5.75 Å². The van der Waals surface area contributed by atoms with Gasteiger partial charge in [-0.1, -0.05) is 0 Å². The smallest absolute Gasteiger partial charge is 0.456 e. The summed E-state index contributed by atoms with van der Waals surface area (Å²) in [4.78, 5) is 24.2. The Morgan fingerprint density at radius 3 is 2.32 bits per heavy atom. The second-order valence-corrected chi connectivity index (χ2v) is 7.20. The van der Waals surface area contributed by atoms with Crippen LogP contribution in [0, 0.1) is 0 Å². The number of ether oxygens (including phenoxy) is 2. The second-order valence-electron chi connectivity index (χ2n) is 6.08. The van der Waals surface area contributed by atoms with E-state index >= 15 is 0 Å². The molecule has 1 heterocycles. The lowest BCUT2D eigenvalue weighted by Gasteiger charge is -2.21. The molecule has 4 nitrogen and oxygen atoms in total. The molecule has 2 rings (SSSR count). The number of carbonyl (C=O) groups is 2. The number of esters is 1. The Kier molecular flexibility index (Phi) is 5.22. The summed E-state index contributed by atoms with van der Waals surface area (Å²) in [6, 6.07) is 6.93. The number of carbonyl (C=O) groups excluding carboxylic acids is 2. The number of alkyl halides is 3. The highest BCUT2D eigenvalue weighted by Crippen LogP contribution is 2.34. The van der Waals surface area contributed by atoms with Crippen molar-refractivity contribution in [2.75, 3.05) is 0 Å². The highest BCUT2D eigenvalue weighted by atomic mass is 32.1. The minimum absolute atomic E-state index is 0.342. The second kappa shape index (κ2) is 6.87. The lowest BCUT2D eigenvalue weighted by atomic mass is 10.1. The third-order valence-electron chi connectivity index (χ3n) is 2.85. The molecule has 1 aromatic carbocycles. The number of aldehydes is 1. The Labute approximate surface area is 146 Å². The highest BCUT2D eigenvalue weighted by molar-refractivity contribution is 7.17.